The first-order chi connectivity index (χ1) is 9.25. The van der Waals surface area contributed by atoms with Crippen LogP contribution in [0.4, 0.5) is 30.6 Å². The molecule has 11 heteroatoms. The van der Waals surface area contributed by atoms with Crippen molar-refractivity contribution >= 4 is 17.5 Å². The number of aliphatic hydroxyl groups is 1. The van der Waals surface area contributed by atoms with Gasteiger partial charge < -0.3 is 15.7 Å². The Bertz CT molecular complexity index is 482. The maximum atomic E-state index is 12.1. The molecule has 0 aromatic carbocycles. The Morgan fingerprint density at radius 3 is 2.65 bits per heavy atom. The molecule has 0 saturated heterocycles. The van der Waals surface area contributed by atoms with Crippen molar-refractivity contribution in [1.82, 2.24) is 9.97 Å². The van der Waals surface area contributed by atoms with Crippen LogP contribution in [-0.2, 0) is 0 Å². The molecule has 1 aromatic heterocycles. The molecular weight excluding hydrogens is 283 g/mol. The van der Waals surface area contributed by atoms with Crippen LogP contribution < -0.4 is 10.6 Å². The molecule has 0 aliphatic carbocycles. The molecule has 1 aromatic rings. The molecule has 20 heavy (non-hydrogen) atoms. The number of rotatable bonds is 6. The molecular formula is C9H12F3N5O3. The number of nitrogens with zero attached hydrogens (tertiary/aromatic N) is 3. The minimum Gasteiger partial charge on any atom is -0.382 e. The fourth-order valence-electron chi connectivity index (χ4n) is 1.19. The third-order valence-electron chi connectivity index (χ3n) is 2.14. The van der Waals surface area contributed by atoms with E-state index in [9.17, 15) is 23.3 Å². The van der Waals surface area contributed by atoms with Crippen LogP contribution in [0.25, 0.3) is 0 Å². The van der Waals surface area contributed by atoms with Crippen molar-refractivity contribution < 1.29 is 23.2 Å². The van der Waals surface area contributed by atoms with Crippen molar-refractivity contribution in [3.8, 4) is 0 Å². The lowest BCUT2D eigenvalue weighted by Crippen LogP contribution is -2.35. The zero-order valence-corrected chi connectivity index (χ0v) is 10.3. The molecule has 1 heterocycles. The molecule has 1 unspecified atom stereocenters. The van der Waals surface area contributed by atoms with Gasteiger partial charge in [-0.05, 0) is 6.92 Å². The zero-order valence-electron chi connectivity index (χ0n) is 10.3. The van der Waals surface area contributed by atoms with Crippen molar-refractivity contribution in [2.75, 3.05) is 23.7 Å². The van der Waals surface area contributed by atoms with Crippen LogP contribution in [0.3, 0.4) is 0 Å². The van der Waals surface area contributed by atoms with Gasteiger partial charge in [0.15, 0.2) is 6.10 Å². The standard InChI is InChI=1S/C9H12F3N5O3/c1-2-13-8-15-3-5(17(19)20)7(16-8)14-4-6(18)9(10,11)12/h3,6,18H,2,4H2,1H3,(H2,13,14,15,16). The van der Waals surface area contributed by atoms with Gasteiger partial charge in [0, 0.05) is 6.54 Å². The minimum atomic E-state index is -4.82. The summed E-state index contributed by atoms with van der Waals surface area (Å²) in [6, 6.07) is 0. The van der Waals surface area contributed by atoms with Crippen LogP contribution >= 0.6 is 0 Å². The van der Waals surface area contributed by atoms with E-state index in [1.807, 2.05) is 0 Å². The molecule has 0 aliphatic heterocycles. The molecule has 112 valence electrons. The summed E-state index contributed by atoms with van der Waals surface area (Å²) in [6.07, 6.45) is -6.60. The Morgan fingerprint density at radius 1 is 1.50 bits per heavy atom. The summed E-state index contributed by atoms with van der Waals surface area (Å²) in [4.78, 5) is 17.2. The third-order valence-corrected chi connectivity index (χ3v) is 2.14. The van der Waals surface area contributed by atoms with Gasteiger partial charge in [-0.2, -0.15) is 18.2 Å². The first kappa shape index (κ1) is 15.9. The number of halogens is 3. The number of nitrogens with one attached hydrogen (secondary N) is 2. The average Bonchev–Trinajstić information content (AvgIpc) is 2.35. The lowest BCUT2D eigenvalue weighted by molar-refractivity contribution is -0.384. The monoisotopic (exact) mass is 295 g/mol. The molecule has 0 amide bonds. The van der Waals surface area contributed by atoms with Crippen LogP contribution in [-0.4, -0.2) is 45.4 Å². The van der Waals surface area contributed by atoms with E-state index in [4.69, 9.17) is 5.11 Å². The molecule has 0 radical (unpaired) electrons. The van der Waals surface area contributed by atoms with Crippen molar-refractivity contribution in [2.45, 2.75) is 19.2 Å². The summed E-state index contributed by atoms with van der Waals surface area (Å²) in [5, 5.41) is 24.3. The van der Waals surface area contributed by atoms with E-state index in [1.165, 1.54) is 0 Å². The van der Waals surface area contributed by atoms with E-state index in [1.54, 1.807) is 6.92 Å². The van der Waals surface area contributed by atoms with Crippen LogP contribution in [0.5, 0.6) is 0 Å². The number of aliphatic hydroxyl groups excluding tert-OH is 1. The molecule has 1 rings (SSSR count). The van der Waals surface area contributed by atoms with Gasteiger partial charge in [-0.25, -0.2) is 4.98 Å². The predicted molar refractivity (Wildman–Crippen MR) is 63.4 cm³/mol. The molecule has 0 aliphatic rings. The normalized spacial score (nSPS) is 12.8. The van der Waals surface area contributed by atoms with Crippen LogP contribution in [0.2, 0.25) is 0 Å². The average molecular weight is 295 g/mol. The highest BCUT2D eigenvalue weighted by Crippen LogP contribution is 2.24. The third kappa shape index (κ3) is 4.19. The van der Waals surface area contributed by atoms with E-state index < -0.39 is 35.3 Å². The quantitative estimate of drug-likeness (QED) is 0.533. The summed E-state index contributed by atoms with van der Waals surface area (Å²) in [6.45, 7) is 1.21. The summed E-state index contributed by atoms with van der Waals surface area (Å²) in [5.74, 6) is -0.369. The SMILES string of the molecule is CCNc1ncc([N+](=O)[O-])c(NCC(O)C(F)(F)F)n1. The van der Waals surface area contributed by atoms with Gasteiger partial charge in [0.2, 0.25) is 11.8 Å². The van der Waals surface area contributed by atoms with E-state index in [0.29, 0.717) is 6.54 Å². The molecule has 8 nitrogen and oxygen atoms in total. The Morgan fingerprint density at radius 2 is 2.15 bits per heavy atom. The Kier molecular flexibility index (Phi) is 5.02. The Hall–Kier alpha value is -2.17. The van der Waals surface area contributed by atoms with E-state index in [-0.39, 0.29) is 5.95 Å². The van der Waals surface area contributed by atoms with Crippen molar-refractivity contribution in [3.63, 3.8) is 0 Å². The highest BCUT2D eigenvalue weighted by molar-refractivity contribution is 5.57. The maximum absolute atomic E-state index is 12.1. The van der Waals surface area contributed by atoms with Gasteiger partial charge in [-0.15, -0.1) is 0 Å². The summed E-state index contributed by atoms with van der Waals surface area (Å²) in [5.41, 5.74) is -0.582. The van der Waals surface area contributed by atoms with E-state index >= 15 is 0 Å². The van der Waals surface area contributed by atoms with E-state index in [0.717, 1.165) is 6.20 Å². The first-order valence-electron chi connectivity index (χ1n) is 5.49. The van der Waals surface area contributed by atoms with Gasteiger partial charge >= 0.3 is 11.9 Å². The number of hydrogen-bond acceptors (Lipinski definition) is 7. The number of alkyl halides is 3. The number of nitro groups is 1. The van der Waals surface area contributed by atoms with Crippen molar-refractivity contribution in [1.29, 1.82) is 0 Å². The van der Waals surface area contributed by atoms with Gasteiger partial charge in [0.1, 0.15) is 6.20 Å². The molecule has 0 spiro atoms. The Balaban J connectivity index is 2.90. The molecule has 1 atom stereocenters. The van der Waals surface area contributed by atoms with Crippen LogP contribution in [0.15, 0.2) is 6.20 Å². The topological polar surface area (TPSA) is 113 Å². The summed E-state index contributed by atoms with van der Waals surface area (Å²) < 4.78 is 36.4. The number of anilines is 2. The molecule has 0 fully saturated rings. The van der Waals surface area contributed by atoms with Crippen LogP contribution in [0, 0.1) is 10.1 Å². The smallest absolute Gasteiger partial charge is 0.382 e. The lowest BCUT2D eigenvalue weighted by atomic mass is 10.3. The second-order valence-electron chi connectivity index (χ2n) is 3.65. The van der Waals surface area contributed by atoms with Crippen molar-refractivity contribution in [3.05, 3.63) is 16.3 Å². The summed E-state index contributed by atoms with van der Waals surface area (Å²) >= 11 is 0. The highest BCUT2D eigenvalue weighted by atomic mass is 19.4. The zero-order chi connectivity index (χ0) is 15.3. The van der Waals surface area contributed by atoms with Gasteiger partial charge in [0.25, 0.3) is 0 Å². The van der Waals surface area contributed by atoms with Gasteiger partial charge in [0.05, 0.1) is 11.5 Å². The lowest BCUT2D eigenvalue weighted by Gasteiger charge is -2.15. The number of aromatic nitrogens is 2. The van der Waals surface area contributed by atoms with Gasteiger partial charge in [-0.3, -0.25) is 10.1 Å². The summed E-state index contributed by atoms with van der Waals surface area (Å²) in [7, 11) is 0. The highest BCUT2D eigenvalue weighted by Gasteiger charge is 2.38. The van der Waals surface area contributed by atoms with Crippen molar-refractivity contribution in [2.24, 2.45) is 0 Å². The second-order valence-corrected chi connectivity index (χ2v) is 3.65. The fraction of sp³-hybridized carbons (Fsp3) is 0.556. The molecule has 0 saturated carbocycles. The number of hydrogen-bond donors (Lipinski definition) is 3. The molecule has 3 N–H and O–H groups in total. The fourth-order valence-corrected chi connectivity index (χ4v) is 1.19. The van der Waals surface area contributed by atoms with E-state index in [2.05, 4.69) is 20.6 Å². The van der Waals surface area contributed by atoms with Crippen LogP contribution in [0.1, 0.15) is 6.92 Å². The largest absolute Gasteiger partial charge is 0.416 e. The minimum absolute atomic E-state index is 0.0297. The molecule has 0 bridgehead atoms. The maximum Gasteiger partial charge on any atom is 0.416 e. The predicted octanol–water partition coefficient (Wildman–Crippen LogP) is 1.15. The van der Waals surface area contributed by atoms with Gasteiger partial charge in [-0.1, -0.05) is 0 Å². The Labute approximate surface area is 111 Å². The second kappa shape index (κ2) is 6.32. The first-order valence-corrected chi connectivity index (χ1v) is 5.49.